The number of esters is 1. The fourth-order valence-corrected chi connectivity index (χ4v) is 2.52. The minimum Gasteiger partial charge on any atom is -0.465 e. The van der Waals surface area contributed by atoms with E-state index in [9.17, 15) is 4.79 Å². The van der Waals surface area contributed by atoms with Gasteiger partial charge in [0.25, 0.3) is 0 Å². The largest absolute Gasteiger partial charge is 0.465 e. The van der Waals surface area contributed by atoms with Crippen molar-refractivity contribution in [3.63, 3.8) is 0 Å². The molecule has 0 radical (unpaired) electrons. The van der Waals surface area contributed by atoms with Crippen molar-refractivity contribution in [3.8, 4) is 0 Å². The fraction of sp³-hybridized carbons (Fsp3) is 0.600. The van der Waals surface area contributed by atoms with Gasteiger partial charge in [0.05, 0.1) is 18.4 Å². The van der Waals surface area contributed by atoms with Crippen LogP contribution in [-0.4, -0.2) is 55.2 Å². The van der Waals surface area contributed by atoms with Gasteiger partial charge in [-0.2, -0.15) is 0 Å². The van der Waals surface area contributed by atoms with Gasteiger partial charge in [-0.05, 0) is 32.9 Å². The van der Waals surface area contributed by atoms with E-state index in [4.69, 9.17) is 4.74 Å². The maximum Gasteiger partial charge on any atom is 0.339 e. The number of nitrogens with zero attached hydrogens (tertiary/aromatic N) is 3. The topological polar surface area (TPSA) is 45.7 Å². The Morgan fingerprint density at radius 3 is 2.40 bits per heavy atom. The average molecular weight is 277 g/mol. The van der Waals surface area contributed by atoms with E-state index < -0.39 is 0 Å². The number of carbonyl (C=O) groups is 1. The number of carbonyl (C=O) groups excluding carboxylic acids is 1. The molecule has 5 nitrogen and oxygen atoms in total. The van der Waals surface area contributed by atoms with Crippen molar-refractivity contribution in [2.24, 2.45) is 0 Å². The third kappa shape index (κ3) is 3.10. The zero-order valence-corrected chi connectivity index (χ0v) is 12.7. The zero-order valence-electron chi connectivity index (χ0n) is 12.7. The highest BCUT2D eigenvalue weighted by Crippen LogP contribution is 2.18. The maximum absolute atomic E-state index is 11.6. The molecule has 0 aromatic carbocycles. The van der Waals surface area contributed by atoms with Crippen molar-refractivity contribution in [2.75, 3.05) is 38.2 Å². The standard InChI is InChI=1S/C15H23N3O2/c1-11(2)17-7-9-18(10-8-17)14-6-5-13(12(3)16-14)15(19)20-4/h5-6,11H,7-10H2,1-4H3. The lowest BCUT2D eigenvalue weighted by Gasteiger charge is -2.37. The van der Waals surface area contributed by atoms with Crippen molar-refractivity contribution in [1.82, 2.24) is 9.88 Å². The number of methoxy groups -OCH3 is 1. The highest BCUT2D eigenvalue weighted by molar-refractivity contribution is 5.90. The molecular formula is C15H23N3O2. The van der Waals surface area contributed by atoms with Gasteiger partial charge in [-0.1, -0.05) is 0 Å². The van der Waals surface area contributed by atoms with Crippen LogP contribution in [0.25, 0.3) is 0 Å². The van der Waals surface area contributed by atoms with E-state index in [2.05, 4.69) is 28.6 Å². The zero-order chi connectivity index (χ0) is 14.7. The molecule has 20 heavy (non-hydrogen) atoms. The van der Waals surface area contributed by atoms with Gasteiger partial charge < -0.3 is 9.64 Å². The Labute approximate surface area is 120 Å². The number of anilines is 1. The van der Waals surface area contributed by atoms with Crippen LogP contribution in [-0.2, 0) is 4.74 Å². The van der Waals surface area contributed by atoms with Crippen molar-refractivity contribution in [2.45, 2.75) is 26.8 Å². The average Bonchev–Trinajstić information content (AvgIpc) is 2.46. The number of aryl methyl sites for hydroxylation is 1. The molecule has 1 aliphatic rings. The lowest BCUT2D eigenvalue weighted by atomic mass is 10.2. The number of piperazine rings is 1. The number of rotatable bonds is 3. The van der Waals surface area contributed by atoms with E-state index in [1.54, 1.807) is 6.07 Å². The molecule has 1 aliphatic heterocycles. The first-order valence-corrected chi connectivity index (χ1v) is 7.08. The molecule has 5 heteroatoms. The predicted octanol–water partition coefficient (Wildman–Crippen LogP) is 1.71. The number of aromatic nitrogens is 1. The molecule has 0 bridgehead atoms. The SMILES string of the molecule is COC(=O)c1ccc(N2CCN(C(C)C)CC2)nc1C. The van der Waals surface area contributed by atoms with Gasteiger partial charge >= 0.3 is 5.97 Å². The lowest BCUT2D eigenvalue weighted by molar-refractivity contribution is 0.0599. The summed E-state index contributed by atoms with van der Waals surface area (Å²) < 4.78 is 4.74. The van der Waals surface area contributed by atoms with E-state index >= 15 is 0 Å². The van der Waals surface area contributed by atoms with Crippen molar-refractivity contribution in [1.29, 1.82) is 0 Å². The molecule has 0 atom stereocenters. The van der Waals surface area contributed by atoms with Crippen LogP contribution in [0.4, 0.5) is 5.82 Å². The van der Waals surface area contributed by atoms with Crippen LogP contribution in [0.2, 0.25) is 0 Å². The van der Waals surface area contributed by atoms with Gasteiger partial charge in [-0.25, -0.2) is 9.78 Å². The molecule has 0 unspecified atom stereocenters. The molecule has 110 valence electrons. The highest BCUT2D eigenvalue weighted by atomic mass is 16.5. The van der Waals surface area contributed by atoms with Crippen molar-refractivity contribution in [3.05, 3.63) is 23.4 Å². The Morgan fingerprint density at radius 1 is 1.25 bits per heavy atom. The summed E-state index contributed by atoms with van der Waals surface area (Å²) in [4.78, 5) is 20.8. The Morgan fingerprint density at radius 2 is 1.90 bits per heavy atom. The molecule has 0 aliphatic carbocycles. The minimum absolute atomic E-state index is 0.328. The third-order valence-electron chi connectivity index (χ3n) is 3.84. The Hall–Kier alpha value is -1.62. The summed E-state index contributed by atoms with van der Waals surface area (Å²) in [5.74, 6) is 0.615. The second kappa shape index (κ2) is 6.22. The van der Waals surface area contributed by atoms with Crippen molar-refractivity contribution >= 4 is 11.8 Å². The monoisotopic (exact) mass is 277 g/mol. The molecule has 0 saturated carbocycles. The molecule has 1 aromatic rings. The molecule has 2 heterocycles. The summed E-state index contributed by atoms with van der Waals surface area (Å²) in [6, 6.07) is 4.30. The second-order valence-corrected chi connectivity index (χ2v) is 5.41. The highest BCUT2D eigenvalue weighted by Gasteiger charge is 2.20. The number of pyridine rings is 1. The number of hydrogen-bond donors (Lipinski definition) is 0. The maximum atomic E-state index is 11.6. The summed E-state index contributed by atoms with van der Waals surface area (Å²) in [6.07, 6.45) is 0. The Kier molecular flexibility index (Phi) is 4.60. The summed E-state index contributed by atoms with van der Waals surface area (Å²) in [5, 5.41) is 0. The fourth-order valence-electron chi connectivity index (χ4n) is 2.52. The van der Waals surface area contributed by atoms with Crippen molar-refractivity contribution < 1.29 is 9.53 Å². The molecule has 2 rings (SSSR count). The van der Waals surface area contributed by atoms with E-state index in [0.29, 0.717) is 11.6 Å². The lowest BCUT2D eigenvalue weighted by Crippen LogP contribution is -2.49. The van der Waals surface area contributed by atoms with Gasteiger partial charge in [-0.15, -0.1) is 0 Å². The molecule has 0 spiro atoms. The van der Waals surface area contributed by atoms with Crippen LogP contribution < -0.4 is 4.90 Å². The van der Waals surface area contributed by atoms with Gasteiger partial charge in [0.2, 0.25) is 0 Å². The van der Waals surface area contributed by atoms with E-state index in [-0.39, 0.29) is 5.97 Å². The van der Waals surface area contributed by atoms with Crippen LogP contribution in [0.5, 0.6) is 0 Å². The van der Waals surface area contributed by atoms with Crippen LogP contribution in [0.15, 0.2) is 12.1 Å². The third-order valence-corrected chi connectivity index (χ3v) is 3.84. The Balaban J connectivity index is 2.08. The normalized spacial score (nSPS) is 16.6. The number of ether oxygens (including phenoxy) is 1. The Bertz CT molecular complexity index is 480. The van der Waals surface area contributed by atoms with E-state index in [1.165, 1.54) is 7.11 Å². The summed E-state index contributed by atoms with van der Waals surface area (Å²) in [7, 11) is 1.39. The molecule has 0 amide bonds. The van der Waals surface area contributed by atoms with Gasteiger partial charge in [0, 0.05) is 32.2 Å². The smallest absolute Gasteiger partial charge is 0.339 e. The first-order valence-electron chi connectivity index (χ1n) is 7.08. The minimum atomic E-state index is -0.328. The van der Waals surface area contributed by atoms with Gasteiger partial charge in [0.1, 0.15) is 5.82 Å². The van der Waals surface area contributed by atoms with E-state index in [0.717, 1.165) is 37.7 Å². The first-order chi connectivity index (χ1) is 9.52. The molecule has 1 aromatic heterocycles. The second-order valence-electron chi connectivity index (χ2n) is 5.41. The predicted molar refractivity (Wildman–Crippen MR) is 79.2 cm³/mol. The first kappa shape index (κ1) is 14.8. The van der Waals surface area contributed by atoms with Crippen LogP contribution >= 0.6 is 0 Å². The van der Waals surface area contributed by atoms with E-state index in [1.807, 2.05) is 13.0 Å². The van der Waals surface area contributed by atoms with Crippen LogP contribution in [0, 0.1) is 6.92 Å². The summed E-state index contributed by atoms with van der Waals surface area (Å²) in [5.41, 5.74) is 1.26. The molecule has 1 saturated heterocycles. The molecule has 1 fully saturated rings. The molecule has 0 N–H and O–H groups in total. The summed E-state index contributed by atoms with van der Waals surface area (Å²) in [6.45, 7) is 10.4. The quantitative estimate of drug-likeness (QED) is 0.787. The van der Waals surface area contributed by atoms with Crippen LogP contribution in [0.1, 0.15) is 29.9 Å². The number of hydrogen-bond acceptors (Lipinski definition) is 5. The summed E-state index contributed by atoms with van der Waals surface area (Å²) >= 11 is 0. The van der Waals surface area contributed by atoms with Crippen LogP contribution in [0.3, 0.4) is 0 Å². The van der Waals surface area contributed by atoms with Gasteiger partial charge in [-0.3, -0.25) is 4.90 Å². The molecular weight excluding hydrogens is 254 g/mol. The van der Waals surface area contributed by atoms with Gasteiger partial charge in [0.15, 0.2) is 0 Å².